The number of hydrogen-bond donors (Lipinski definition) is 2. The number of ether oxygens (including phenoxy) is 3. The Bertz CT molecular complexity index is 762. The molecule has 1 fully saturated rings. The minimum atomic E-state index is -0.806. The van der Waals surface area contributed by atoms with Gasteiger partial charge in [0.25, 0.3) is 0 Å². The number of piperidine rings is 1. The van der Waals surface area contributed by atoms with Crippen molar-refractivity contribution in [3.05, 3.63) is 42.4 Å². The molecule has 29 heavy (non-hydrogen) atoms. The number of aliphatic hydroxyl groups is 1. The normalized spacial score (nSPS) is 19.2. The second-order valence-corrected chi connectivity index (χ2v) is 7.24. The largest absolute Gasteiger partial charge is 0.493 e. The molecule has 3 rings (SSSR count). The van der Waals surface area contributed by atoms with Gasteiger partial charge in [-0.3, -0.25) is 4.98 Å². The predicted molar refractivity (Wildman–Crippen MR) is 111 cm³/mol. The highest BCUT2D eigenvalue weighted by Gasteiger charge is 2.33. The number of benzene rings is 1. The van der Waals surface area contributed by atoms with Crippen LogP contribution in [0, 0.1) is 0 Å². The smallest absolute Gasteiger partial charge is 0.161 e. The summed E-state index contributed by atoms with van der Waals surface area (Å²) in [7, 11) is 3.26. The molecule has 8 heteroatoms. The van der Waals surface area contributed by atoms with E-state index in [0.29, 0.717) is 44.3 Å². The molecular weight excluding hydrogens is 372 g/mol. The maximum Gasteiger partial charge on any atom is 0.161 e. The summed E-state index contributed by atoms with van der Waals surface area (Å²) in [5, 5.41) is 14.4. The summed E-state index contributed by atoms with van der Waals surface area (Å²) in [6, 6.07) is 5.84. The van der Waals surface area contributed by atoms with E-state index in [4.69, 9.17) is 14.2 Å². The lowest BCUT2D eigenvalue weighted by atomic mass is 9.92. The van der Waals surface area contributed by atoms with Gasteiger partial charge in [-0.1, -0.05) is 6.07 Å². The van der Waals surface area contributed by atoms with Crippen LogP contribution >= 0.6 is 0 Å². The van der Waals surface area contributed by atoms with Gasteiger partial charge in [0.1, 0.15) is 12.4 Å². The average molecular weight is 402 g/mol. The summed E-state index contributed by atoms with van der Waals surface area (Å²) in [5.74, 6) is 2.18. The molecule has 8 nitrogen and oxygen atoms in total. The molecule has 1 atom stereocenters. The summed E-state index contributed by atoms with van der Waals surface area (Å²) in [4.78, 5) is 10.6. The number of rotatable bonds is 10. The number of nitrogens with one attached hydrogen (secondary N) is 1. The van der Waals surface area contributed by atoms with Gasteiger partial charge in [-0.15, -0.1) is 0 Å². The zero-order chi connectivity index (χ0) is 20.5. The number of anilines is 1. The van der Waals surface area contributed by atoms with Gasteiger partial charge in [-0.2, -0.15) is 0 Å². The van der Waals surface area contributed by atoms with Crippen LogP contribution in [-0.4, -0.2) is 67.7 Å². The first-order valence-electron chi connectivity index (χ1n) is 9.86. The van der Waals surface area contributed by atoms with Crippen LogP contribution in [0.2, 0.25) is 0 Å². The van der Waals surface area contributed by atoms with E-state index in [-0.39, 0.29) is 0 Å². The first-order valence-corrected chi connectivity index (χ1v) is 9.86. The van der Waals surface area contributed by atoms with E-state index in [1.165, 1.54) is 0 Å². The van der Waals surface area contributed by atoms with Gasteiger partial charge in [0, 0.05) is 45.7 Å². The number of nitrogens with zero attached hydrogens (tertiary/aromatic N) is 3. The molecule has 158 valence electrons. The van der Waals surface area contributed by atoms with Gasteiger partial charge in [0.2, 0.25) is 0 Å². The van der Waals surface area contributed by atoms with E-state index in [1.807, 2.05) is 18.2 Å². The molecule has 0 saturated carbocycles. The molecule has 0 aliphatic carbocycles. The summed E-state index contributed by atoms with van der Waals surface area (Å²) in [5.41, 5.74) is 0.253. The Morgan fingerprint density at radius 3 is 2.86 bits per heavy atom. The molecule has 0 amide bonds. The van der Waals surface area contributed by atoms with E-state index in [0.717, 1.165) is 30.8 Å². The van der Waals surface area contributed by atoms with Crippen LogP contribution in [0.5, 0.6) is 11.5 Å². The summed E-state index contributed by atoms with van der Waals surface area (Å²) >= 11 is 0. The minimum absolute atomic E-state index is 0.460. The third kappa shape index (κ3) is 6.03. The fourth-order valence-corrected chi connectivity index (χ4v) is 3.53. The van der Waals surface area contributed by atoms with Crippen molar-refractivity contribution in [2.45, 2.75) is 25.0 Å². The average Bonchev–Trinajstić information content (AvgIpc) is 2.75. The number of aromatic nitrogens is 2. The van der Waals surface area contributed by atoms with Gasteiger partial charge >= 0.3 is 0 Å². The van der Waals surface area contributed by atoms with Crippen LogP contribution < -0.4 is 19.7 Å². The molecule has 1 saturated heterocycles. The van der Waals surface area contributed by atoms with Gasteiger partial charge < -0.3 is 29.5 Å². The third-order valence-corrected chi connectivity index (χ3v) is 4.99. The standard InChI is InChI=1S/C21H30N4O4/c1-27-10-11-29-19-12-17(4-5-18(19)28-2)13-23-15-21(26)6-3-9-25(16-21)20-14-22-7-8-24-20/h4-5,7-8,12,14,23,26H,3,6,9-11,13,15-16H2,1-2H3. The molecule has 1 aromatic heterocycles. The van der Waals surface area contributed by atoms with E-state index in [9.17, 15) is 5.11 Å². The highest BCUT2D eigenvalue weighted by Crippen LogP contribution is 2.28. The quantitative estimate of drug-likeness (QED) is 0.580. The van der Waals surface area contributed by atoms with E-state index in [2.05, 4.69) is 20.2 Å². The Morgan fingerprint density at radius 1 is 1.21 bits per heavy atom. The second-order valence-electron chi connectivity index (χ2n) is 7.24. The first-order chi connectivity index (χ1) is 14.1. The molecule has 2 aromatic rings. The van der Waals surface area contributed by atoms with E-state index >= 15 is 0 Å². The first kappa shape index (κ1) is 21.3. The molecular formula is C21H30N4O4. The van der Waals surface area contributed by atoms with Crippen molar-refractivity contribution in [1.82, 2.24) is 15.3 Å². The van der Waals surface area contributed by atoms with Crippen molar-refractivity contribution in [2.75, 3.05) is 52.0 Å². The number of methoxy groups -OCH3 is 2. The topological polar surface area (TPSA) is 89.0 Å². The molecule has 0 radical (unpaired) electrons. The number of hydrogen-bond acceptors (Lipinski definition) is 8. The Hall–Kier alpha value is -2.42. The van der Waals surface area contributed by atoms with Crippen molar-refractivity contribution in [1.29, 1.82) is 0 Å². The van der Waals surface area contributed by atoms with Crippen LogP contribution in [0.1, 0.15) is 18.4 Å². The molecule has 1 unspecified atom stereocenters. The maximum atomic E-state index is 11.1. The van der Waals surface area contributed by atoms with E-state index < -0.39 is 5.60 Å². The lowest BCUT2D eigenvalue weighted by molar-refractivity contribution is 0.0258. The zero-order valence-corrected chi connectivity index (χ0v) is 17.1. The van der Waals surface area contributed by atoms with Crippen molar-refractivity contribution in [3.63, 3.8) is 0 Å². The monoisotopic (exact) mass is 402 g/mol. The molecule has 1 aromatic carbocycles. The SMILES string of the molecule is COCCOc1cc(CNCC2(O)CCCN(c3cnccn3)C2)ccc1OC. The third-order valence-electron chi connectivity index (χ3n) is 4.99. The Kier molecular flexibility index (Phi) is 7.62. The summed E-state index contributed by atoms with van der Waals surface area (Å²) < 4.78 is 16.1. The maximum absolute atomic E-state index is 11.1. The van der Waals surface area contributed by atoms with Crippen LogP contribution in [0.3, 0.4) is 0 Å². The number of β-amino-alcohol motifs (C(OH)–C–C–N with tert-alkyl or cyclic N) is 1. The van der Waals surface area contributed by atoms with Gasteiger partial charge in [-0.05, 0) is 30.5 Å². The lowest BCUT2D eigenvalue weighted by Gasteiger charge is -2.39. The predicted octanol–water partition coefficient (Wildman–Crippen LogP) is 1.63. The van der Waals surface area contributed by atoms with Crippen molar-refractivity contribution in [2.24, 2.45) is 0 Å². The van der Waals surface area contributed by atoms with Gasteiger partial charge in [0.15, 0.2) is 11.5 Å². The van der Waals surface area contributed by atoms with Crippen LogP contribution in [-0.2, 0) is 11.3 Å². The lowest BCUT2D eigenvalue weighted by Crippen LogP contribution is -2.53. The van der Waals surface area contributed by atoms with Crippen molar-refractivity contribution < 1.29 is 19.3 Å². The Morgan fingerprint density at radius 2 is 2.10 bits per heavy atom. The van der Waals surface area contributed by atoms with Gasteiger partial charge in [-0.25, -0.2) is 4.98 Å². The summed E-state index contributed by atoms with van der Waals surface area (Å²) in [6.07, 6.45) is 6.74. The molecule has 0 spiro atoms. The molecule has 2 N–H and O–H groups in total. The molecule has 2 heterocycles. The fraction of sp³-hybridized carbons (Fsp3) is 0.524. The zero-order valence-electron chi connectivity index (χ0n) is 17.1. The van der Waals surface area contributed by atoms with Gasteiger partial charge in [0.05, 0.1) is 25.5 Å². The molecule has 0 bridgehead atoms. The van der Waals surface area contributed by atoms with Crippen molar-refractivity contribution >= 4 is 5.82 Å². The Labute approximate surface area is 171 Å². The highest BCUT2D eigenvalue weighted by molar-refractivity contribution is 5.43. The molecule has 1 aliphatic heterocycles. The Balaban J connectivity index is 1.55. The van der Waals surface area contributed by atoms with Crippen LogP contribution in [0.4, 0.5) is 5.82 Å². The van der Waals surface area contributed by atoms with Crippen LogP contribution in [0.15, 0.2) is 36.8 Å². The highest BCUT2D eigenvalue weighted by atomic mass is 16.5. The van der Waals surface area contributed by atoms with Crippen LogP contribution in [0.25, 0.3) is 0 Å². The second kappa shape index (κ2) is 10.4. The summed E-state index contributed by atoms with van der Waals surface area (Å²) in [6.45, 7) is 3.50. The van der Waals surface area contributed by atoms with Crippen molar-refractivity contribution in [3.8, 4) is 11.5 Å². The fourth-order valence-electron chi connectivity index (χ4n) is 3.53. The molecule has 1 aliphatic rings. The minimum Gasteiger partial charge on any atom is -0.493 e. The van der Waals surface area contributed by atoms with E-state index in [1.54, 1.807) is 32.8 Å².